The van der Waals surface area contributed by atoms with Crippen LogP contribution in [0.3, 0.4) is 0 Å². The molecule has 0 aromatic heterocycles. The normalized spacial score (nSPS) is 10.2. The van der Waals surface area contributed by atoms with Crippen molar-refractivity contribution < 1.29 is 14.2 Å². The topological polar surface area (TPSA) is 39.7 Å². The molecule has 1 N–H and O–H groups in total. The van der Waals surface area contributed by atoms with Gasteiger partial charge in [0.05, 0.1) is 14.2 Å². The Morgan fingerprint density at radius 3 is 2.27 bits per heavy atom. The van der Waals surface area contributed by atoms with Crippen molar-refractivity contribution in [2.75, 3.05) is 20.8 Å². The Morgan fingerprint density at radius 2 is 1.53 bits per heavy atom. The summed E-state index contributed by atoms with van der Waals surface area (Å²) in [5.41, 5.74) is 3.36. The molecule has 0 saturated heterocycles. The summed E-state index contributed by atoms with van der Waals surface area (Å²) in [4.78, 5) is 0. The molecule has 0 spiro atoms. The Kier molecular flexibility index (Phi) is 9.81. The van der Waals surface area contributed by atoms with Crippen molar-refractivity contribution in [2.45, 2.75) is 19.6 Å². The highest BCUT2D eigenvalue weighted by Gasteiger charge is 2.07. The molecule has 4 nitrogen and oxygen atoms in total. The molecule has 0 fully saturated rings. The summed E-state index contributed by atoms with van der Waals surface area (Å²) in [6.45, 7) is 2.03. The fraction of sp³-hybridized carbons (Fsp3) is 0.250. The van der Waals surface area contributed by atoms with Gasteiger partial charge >= 0.3 is 0 Å². The van der Waals surface area contributed by atoms with Crippen LogP contribution >= 0.6 is 24.0 Å². The zero-order valence-electron chi connectivity index (χ0n) is 17.2. The molecule has 3 rings (SSSR count). The van der Waals surface area contributed by atoms with Gasteiger partial charge in [-0.25, -0.2) is 0 Å². The SMILES string of the molecule is COc1ccc(CCNCc2cc(Cl)ccc2OCc2ccccc2)cc1OC.Cl. The van der Waals surface area contributed by atoms with Crippen LogP contribution in [0, 0.1) is 0 Å². The molecule has 6 heteroatoms. The van der Waals surface area contributed by atoms with Gasteiger partial charge in [0, 0.05) is 17.1 Å². The second kappa shape index (κ2) is 12.3. The number of nitrogens with one attached hydrogen (secondary N) is 1. The van der Waals surface area contributed by atoms with Crippen LogP contribution in [0.15, 0.2) is 66.7 Å². The van der Waals surface area contributed by atoms with Gasteiger partial charge in [0.25, 0.3) is 0 Å². The predicted molar refractivity (Wildman–Crippen MR) is 124 cm³/mol. The molecule has 3 aromatic carbocycles. The van der Waals surface area contributed by atoms with E-state index >= 15 is 0 Å². The average molecular weight is 448 g/mol. The minimum Gasteiger partial charge on any atom is -0.493 e. The van der Waals surface area contributed by atoms with Crippen LogP contribution in [-0.2, 0) is 19.6 Å². The van der Waals surface area contributed by atoms with Gasteiger partial charge in [-0.15, -0.1) is 12.4 Å². The van der Waals surface area contributed by atoms with Gasteiger partial charge in [-0.2, -0.15) is 0 Å². The Hall–Kier alpha value is -2.40. The summed E-state index contributed by atoms with van der Waals surface area (Å²) in [5.74, 6) is 2.33. The van der Waals surface area contributed by atoms with E-state index in [1.54, 1.807) is 14.2 Å². The molecule has 0 atom stereocenters. The smallest absolute Gasteiger partial charge is 0.160 e. The van der Waals surface area contributed by atoms with Crippen LogP contribution in [0.25, 0.3) is 0 Å². The quantitative estimate of drug-likeness (QED) is 0.405. The van der Waals surface area contributed by atoms with E-state index in [1.165, 1.54) is 5.56 Å². The summed E-state index contributed by atoms with van der Waals surface area (Å²) in [7, 11) is 3.29. The van der Waals surface area contributed by atoms with Crippen LogP contribution in [0.1, 0.15) is 16.7 Å². The number of halogens is 2. The first-order valence-electron chi connectivity index (χ1n) is 9.56. The first-order valence-corrected chi connectivity index (χ1v) is 9.94. The van der Waals surface area contributed by atoms with Crippen LogP contribution in [-0.4, -0.2) is 20.8 Å². The average Bonchev–Trinajstić information content (AvgIpc) is 2.76. The van der Waals surface area contributed by atoms with Crippen molar-refractivity contribution in [3.63, 3.8) is 0 Å². The highest BCUT2D eigenvalue weighted by Crippen LogP contribution is 2.28. The molecule has 0 aliphatic rings. The van der Waals surface area contributed by atoms with E-state index in [0.29, 0.717) is 18.2 Å². The molecule has 0 aliphatic heterocycles. The summed E-state index contributed by atoms with van der Waals surface area (Å²) in [6.07, 6.45) is 0.876. The molecule has 0 saturated carbocycles. The molecular formula is C24H27Cl2NO3. The van der Waals surface area contributed by atoms with Crippen LogP contribution in [0.2, 0.25) is 5.02 Å². The van der Waals surface area contributed by atoms with E-state index in [9.17, 15) is 0 Å². The summed E-state index contributed by atoms with van der Waals surface area (Å²) >= 11 is 6.20. The van der Waals surface area contributed by atoms with Crippen LogP contribution in [0.5, 0.6) is 17.2 Å². The lowest BCUT2D eigenvalue weighted by Crippen LogP contribution is -2.17. The molecule has 0 amide bonds. The third-order valence-electron chi connectivity index (χ3n) is 4.61. The lowest BCUT2D eigenvalue weighted by atomic mass is 10.1. The fourth-order valence-corrected chi connectivity index (χ4v) is 3.25. The van der Waals surface area contributed by atoms with E-state index < -0.39 is 0 Å². The summed E-state index contributed by atoms with van der Waals surface area (Å²) < 4.78 is 16.7. The number of methoxy groups -OCH3 is 2. The van der Waals surface area contributed by atoms with Gasteiger partial charge in [0.2, 0.25) is 0 Å². The molecule has 3 aromatic rings. The Balaban J connectivity index is 0.00000320. The Morgan fingerprint density at radius 1 is 0.800 bits per heavy atom. The highest BCUT2D eigenvalue weighted by molar-refractivity contribution is 6.30. The van der Waals surface area contributed by atoms with Crippen molar-refractivity contribution in [2.24, 2.45) is 0 Å². The van der Waals surface area contributed by atoms with Crippen molar-refractivity contribution >= 4 is 24.0 Å². The maximum absolute atomic E-state index is 6.20. The van der Waals surface area contributed by atoms with Crippen LogP contribution in [0.4, 0.5) is 0 Å². The molecule has 0 bridgehead atoms. The predicted octanol–water partition coefficient (Wildman–Crippen LogP) is 5.69. The molecule has 160 valence electrons. The van der Waals surface area contributed by atoms with Crippen molar-refractivity contribution in [3.05, 3.63) is 88.4 Å². The fourth-order valence-electron chi connectivity index (χ4n) is 3.05. The molecule has 0 unspecified atom stereocenters. The van der Waals surface area contributed by atoms with Gasteiger partial charge in [0.15, 0.2) is 11.5 Å². The number of benzene rings is 3. The molecule has 0 radical (unpaired) electrons. The van der Waals surface area contributed by atoms with Crippen molar-refractivity contribution in [1.82, 2.24) is 5.32 Å². The first kappa shape index (κ1) is 23.9. The second-order valence-electron chi connectivity index (χ2n) is 6.64. The zero-order chi connectivity index (χ0) is 20.5. The van der Waals surface area contributed by atoms with Gasteiger partial charge in [-0.1, -0.05) is 48.0 Å². The standard InChI is InChI=1S/C24H26ClNO3.ClH/c1-27-23-10-8-18(14-24(23)28-2)12-13-26-16-20-15-21(25)9-11-22(20)29-17-19-6-4-3-5-7-19;/h3-11,14-15,26H,12-13,16-17H2,1-2H3;1H. The largest absolute Gasteiger partial charge is 0.493 e. The minimum atomic E-state index is 0. The van der Waals surface area contributed by atoms with Gasteiger partial charge in [0.1, 0.15) is 12.4 Å². The second-order valence-corrected chi connectivity index (χ2v) is 7.08. The molecule has 30 heavy (non-hydrogen) atoms. The van der Waals surface area contributed by atoms with E-state index in [0.717, 1.165) is 41.3 Å². The van der Waals surface area contributed by atoms with E-state index in [-0.39, 0.29) is 12.4 Å². The first-order chi connectivity index (χ1) is 14.2. The zero-order valence-corrected chi connectivity index (χ0v) is 18.8. The van der Waals surface area contributed by atoms with E-state index in [1.807, 2.05) is 48.5 Å². The van der Waals surface area contributed by atoms with E-state index in [2.05, 4.69) is 23.5 Å². The van der Waals surface area contributed by atoms with Crippen molar-refractivity contribution in [3.8, 4) is 17.2 Å². The summed E-state index contributed by atoms with van der Waals surface area (Å²) in [5, 5.41) is 4.17. The van der Waals surface area contributed by atoms with Crippen molar-refractivity contribution in [1.29, 1.82) is 0 Å². The minimum absolute atomic E-state index is 0. The third-order valence-corrected chi connectivity index (χ3v) is 4.85. The molecular weight excluding hydrogens is 421 g/mol. The molecule has 0 heterocycles. The Labute approximate surface area is 189 Å². The number of rotatable bonds is 10. The maximum atomic E-state index is 6.20. The van der Waals surface area contributed by atoms with Gasteiger partial charge in [-0.05, 0) is 54.4 Å². The number of hydrogen-bond acceptors (Lipinski definition) is 4. The number of hydrogen-bond donors (Lipinski definition) is 1. The molecule has 0 aliphatic carbocycles. The van der Waals surface area contributed by atoms with Crippen LogP contribution < -0.4 is 19.5 Å². The maximum Gasteiger partial charge on any atom is 0.160 e. The van der Waals surface area contributed by atoms with Gasteiger partial charge in [-0.3, -0.25) is 0 Å². The van der Waals surface area contributed by atoms with Gasteiger partial charge < -0.3 is 19.5 Å². The third kappa shape index (κ3) is 6.84. The van der Waals surface area contributed by atoms with E-state index in [4.69, 9.17) is 25.8 Å². The lowest BCUT2D eigenvalue weighted by molar-refractivity contribution is 0.302. The monoisotopic (exact) mass is 447 g/mol. The highest BCUT2D eigenvalue weighted by atomic mass is 35.5. The Bertz CT molecular complexity index is 920. The lowest BCUT2D eigenvalue weighted by Gasteiger charge is -2.13. The number of ether oxygens (including phenoxy) is 3. The summed E-state index contributed by atoms with van der Waals surface area (Å²) in [6, 6.07) is 21.9.